The molecule has 1 spiro atoms. The van der Waals surface area contributed by atoms with Gasteiger partial charge in [-0.15, -0.1) is 0 Å². The molecule has 3 rings (SSSR count). The van der Waals surface area contributed by atoms with E-state index in [1.807, 2.05) is 19.9 Å². The van der Waals surface area contributed by atoms with Crippen LogP contribution in [0.1, 0.15) is 66.1 Å². The van der Waals surface area contributed by atoms with Crippen molar-refractivity contribution in [3.63, 3.8) is 0 Å². The summed E-state index contributed by atoms with van der Waals surface area (Å²) in [6, 6.07) is 3.59. The first-order chi connectivity index (χ1) is 14.9. The van der Waals surface area contributed by atoms with E-state index in [4.69, 9.17) is 20.9 Å². The number of benzene rings is 1. The van der Waals surface area contributed by atoms with Crippen LogP contribution in [0.15, 0.2) is 17.9 Å². The van der Waals surface area contributed by atoms with Crippen LogP contribution in [0.4, 0.5) is 13.2 Å². The molecule has 2 aliphatic rings. The molecule has 1 amide bonds. The molecule has 0 aromatic heterocycles. The molecule has 0 bridgehead atoms. The minimum Gasteiger partial charge on any atom is -0.445 e. The summed E-state index contributed by atoms with van der Waals surface area (Å²) >= 11 is 5.31. The summed E-state index contributed by atoms with van der Waals surface area (Å²) in [7, 11) is 0. The zero-order valence-electron chi connectivity index (χ0n) is 18.3. The molecule has 1 heterocycles. The van der Waals surface area contributed by atoms with Gasteiger partial charge in [-0.2, -0.15) is 13.2 Å². The van der Waals surface area contributed by atoms with Crippen molar-refractivity contribution in [3.8, 4) is 0 Å². The third-order valence-corrected chi connectivity index (χ3v) is 7.47. The number of hydrogen-bond acceptors (Lipinski definition) is 5. The molecule has 1 N–H and O–H groups in total. The second-order valence-corrected chi connectivity index (χ2v) is 12.4. The van der Waals surface area contributed by atoms with Crippen molar-refractivity contribution in [1.29, 1.82) is 0 Å². The highest BCUT2D eigenvalue weighted by Crippen LogP contribution is 2.54. The summed E-state index contributed by atoms with van der Waals surface area (Å²) in [5, 5.41) is 3.02. The molecule has 1 unspecified atom stereocenters. The Kier molecular flexibility index (Phi) is 7.23. The van der Waals surface area contributed by atoms with Crippen LogP contribution in [0.2, 0.25) is 0 Å². The Balaban J connectivity index is 2.19. The van der Waals surface area contributed by atoms with Crippen LogP contribution in [0.5, 0.6) is 0 Å². The second-order valence-electron chi connectivity index (χ2n) is 8.41. The Morgan fingerprint density at radius 2 is 1.91 bits per heavy atom. The van der Waals surface area contributed by atoms with Crippen molar-refractivity contribution in [2.75, 3.05) is 13.3 Å². The van der Waals surface area contributed by atoms with Gasteiger partial charge in [0.05, 0.1) is 11.1 Å². The number of nitrogens with one attached hydrogen (secondary N) is 1. The van der Waals surface area contributed by atoms with Crippen molar-refractivity contribution in [1.82, 2.24) is 5.32 Å². The molecular formula is C22H27F3NO4PS. The Labute approximate surface area is 190 Å². The molecule has 1 aliphatic carbocycles. The van der Waals surface area contributed by atoms with Gasteiger partial charge in [-0.3, -0.25) is 9.59 Å². The van der Waals surface area contributed by atoms with E-state index in [2.05, 4.69) is 5.32 Å². The molecule has 0 radical (unpaired) electrons. The van der Waals surface area contributed by atoms with Crippen molar-refractivity contribution in [3.05, 3.63) is 40.1 Å². The fourth-order valence-electron chi connectivity index (χ4n) is 4.50. The second kappa shape index (κ2) is 9.27. The van der Waals surface area contributed by atoms with Crippen LogP contribution >= 0.6 is 6.49 Å². The summed E-state index contributed by atoms with van der Waals surface area (Å²) in [4.78, 5) is 25.2. The van der Waals surface area contributed by atoms with Gasteiger partial charge < -0.3 is 14.4 Å². The molecule has 5 nitrogen and oxygen atoms in total. The van der Waals surface area contributed by atoms with E-state index in [0.717, 1.165) is 30.4 Å². The van der Waals surface area contributed by atoms with Crippen molar-refractivity contribution in [2.24, 2.45) is 0 Å². The Bertz CT molecular complexity index is 1000. The average Bonchev–Trinajstić information content (AvgIpc) is 2.95. The quantitative estimate of drug-likeness (QED) is 0.408. The summed E-state index contributed by atoms with van der Waals surface area (Å²) < 4.78 is 49.3. The molecule has 1 aromatic carbocycles. The minimum absolute atomic E-state index is 0.178. The molecular weight excluding hydrogens is 462 g/mol. The van der Waals surface area contributed by atoms with Crippen molar-refractivity contribution >= 4 is 36.1 Å². The van der Waals surface area contributed by atoms with E-state index in [9.17, 15) is 22.8 Å². The van der Waals surface area contributed by atoms with Crippen LogP contribution in [0.3, 0.4) is 0 Å². The summed E-state index contributed by atoms with van der Waals surface area (Å²) in [5.74, 6) is -0.189. The minimum atomic E-state index is -4.55. The number of carbonyl (C=O) groups excluding carboxylic acids is 2. The number of hydrogen-bond donors (Lipinski definition) is 1. The van der Waals surface area contributed by atoms with Gasteiger partial charge in [0.15, 0.2) is 12.9 Å². The normalized spacial score (nSPS) is 20.2. The molecule has 1 saturated carbocycles. The Hall–Kier alpha value is -1.70. The predicted octanol–water partition coefficient (Wildman–Crippen LogP) is 5.45. The zero-order valence-corrected chi connectivity index (χ0v) is 20.0. The van der Waals surface area contributed by atoms with Crippen LogP contribution in [0.25, 0.3) is 5.57 Å². The number of carbonyl (C=O) groups is 2. The third-order valence-electron chi connectivity index (χ3n) is 5.82. The lowest BCUT2D eigenvalue weighted by Crippen LogP contribution is -2.46. The molecule has 1 aromatic rings. The topological polar surface area (TPSA) is 64.6 Å². The van der Waals surface area contributed by atoms with E-state index < -0.39 is 30.7 Å². The van der Waals surface area contributed by atoms with E-state index in [-0.39, 0.29) is 11.3 Å². The summed E-state index contributed by atoms with van der Waals surface area (Å²) in [6.45, 7) is 0.173. The maximum Gasteiger partial charge on any atom is 0.412 e. The summed E-state index contributed by atoms with van der Waals surface area (Å²) in [5.41, 5.74) is 1.76. The monoisotopic (exact) mass is 489 g/mol. The number of alkyl halides is 3. The van der Waals surface area contributed by atoms with Gasteiger partial charge in [0.25, 0.3) is 5.91 Å². The standard InChI is InChI=1S/C22H27F3NO4PS/c1-4-15-10-14(2)11-16(12-27)17(15)18-19(30-31(3,32)29-13-22(23,24)25)21(26-20(18)28)8-6-5-7-9-21/h10-12H,4-9,13H2,1-3H3,(H,26,28). The molecule has 32 heavy (non-hydrogen) atoms. The fraction of sp³-hybridized carbons (Fsp3) is 0.545. The maximum atomic E-state index is 13.3. The predicted molar refractivity (Wildman–Crippen MR) is 120 cm³/mol. The van der Waals surface area contributed by atoms with Crippen molar-refractivity contribution < 1.29 is 31.8 Å². The Morgan fingerprint density at radius 3 is 2.47 bits per heavy atom. The van der Waals surface area contributed by atoms with Gasteiger partial charge in [-0.25, -0.2) is 0 Å². The first-order valence-corrected chi connectivity index (χ1v) is 13.6. The van der Waals surface area contributed by atoms with Gasteiger partial charge in [0.1, 0.15) is 5.76 Å². The SMILES string of the molecule is CCc1cc(C)cc(C=O)c1C1=C(OP(C)(=S)OCC(F)(F)F)C2(CCCCC2)NC1=O. The zero-order chi connectivity index (χ0) is 23.7. The van der Waals surface area contributed by atoms with E-state index in [1.165, 1.54) is 6.66 Å². The third kappa shape index (κ3) is 5.26. The van der Waals surface area contributed by atoms with Crippen LogP contribution in [0, 0.1) is 6.92 Å². The van der Waals surface area contributed by atoms with Gasteiger partial charge in [0.2, 0.25) is 6.49 Å². The van der Waals surface area contributed by atoms with E-state index in [1.54, 1.807) is 6.07 Å². The van der Waals surface area contributed by atoms with Gasteiger partial charge in [-0.1, -0.05) is 37.8 Å². The highest BCUT2D eigenvalue weighted by atomic mass is 32.5. The molecule has 1 fully saturated rings. The Morgan fingerprint density at radius 1 is 1.25 bits per heavy atom. The molecule has 0 saturated heterocycles. The first-order valence-electron chi connectivity index (χ1n) is 10.6. The number of amides is 1. The van der Waals surface area contributed by atoms with Crippen molar-refractivity contribution in [2.45, 2.75) is 64.1 Å². The number of aldehydes is 1. The van der Waals surface area contributed by atoms with Gasteiger partial charge >= 0.3 is 6.18 Å². The van der Waals surface area contributed by atoms with Crippen LogP contribution < -0.4 is 5.32 Å². The van der Waals surface area contributed by atoms with Crippen LogP contribution in [-0.4, -0.2) is 37.2 Å². The van der Waals surface area contributed by atoms with Crippen LogP contribution in [-0.2, 0) is 32.1 Å². The first kappa shape index (κ1) is 24.9. The molecule has 1 atom stereocenters. The molecule has 10 heteroatoms. The maximum absolute atomic E-state index is 13.3. The highest BCUT2D eigenvalue weighted by Gasteiger charge is 2.49. The van der Waals surface area contributed by atoms with Gasteiger partial charge in [-0.05, 0) is 49.6 Å². The van der Waals surface area contributed by atoms with E-state index >= 15 is 0 Å². The fourth-order valence-corrected chi connectivity index (χ4v) is 5.91. The average molecular weight is 489 g/mol. The number of aryl methyl sites for hydroxylation is 2. The molecule has 1 aliphatic heterocycles. The lowest BCUT2D eigenvalue weighted by atomic mass is 9.80. The van der Waals surface area contributed by atoms with Gasteiger partial charge in [0, 0.05) is 17.8 Å². The molecule has 176 valence electrons. The number of rotatable bonds is 7. The highest BCUT2D eigenvalue weighted by molar-refractivity contribution is 8.09. The lowest BCUT2D eigenvalue weighted by Gasteiger charge is -2.37. The largest absolute Gasteiger partial charge is 0.445 e. The number of halogens is 3. The van der Waals surface area contributed by atoms with E-state index in [0.29, 0.717) is 36.7 Å². The summed E-state index contributed by atoms with van der Waals surface area (Å²) in [6.07, 6.45) is 0.482. The lowest BCUT2D eigenvalue weighted by molar-refractivity contribution is -0.153. The smallest absolute Gasteiger partial charge is 0.412 e.